The molecule has 0 saturated heterocycles. The van der Waals surface area contributed by atoms with Crippen LogP contribution in [0.15, 0.2) is 33.6 Å². The van der Waals surface area contributed by atoms with Gasteiger partial charge in [-0.05, 0) is 32.3 Å². The number of hydrogen-bond donors (Lipinski definition) is 0. The number of rotatable bonds is 4. The first kappa shape index (κ1) is 12.9. The lowest BCUT2D eigenvalue weighted by molar-refractivity contribution is 0.0731. The number of thioether (sulfide) groups is 1. The average Bonchev–Trinajstić information content (AvgIpc) is 1.99. The summed E-state index contributed by atoms with van der Waals surface area (Å²) in [5.74, 6) is 0. The molecule has 0 amide bonds. The van der Waals surface area contributed by atoms with E-state index in [-0.39, 0.29) is 6.54 Å². The molecule has 0 aliphatic rings. The second kappa shape index (κ2) is 5.27. The van der Waals surface area contributed by atoms with E-state index < -0.39 is 5.25 Å². The molecule has 0 bridgehead atoms. The summed E-state index contributed by atoms with van der Waals surface area (Å²) in [7, 11) is 3.27. The zero-order valence-corrected chi connectivity index (χ0v) is 10.9. The normalized spacial score (nSPS) is 12.1. The Balaban J connectivity index is 2.68. The van der Waals surface area contributed by atoms with Gasteiger partial charge in [0, 0.05) is 9.37 Å². The van der Waals surface area contributed by atoms with E-state index in [9.17, 15) is 8.78 Å². The van der Waals surface area contributed by atoms with E-state index in [4.69, 9.17) is 0 Å². The van der Waals surface area contributed by atoms with Crippen LogP contribution in [0.5, 0.6) is 0 Å². The molecule has 1 rings (SSSR count). The first-order valence-electron chi connectivity index (χ1n) is 4.36. The van der Waals surface area contributed by atoms with Crippen LogP contribution >= 0.6 is 27.7 Å². The van der Waals surface area contributed by atoms with Gasteiger partial charge >= 0.3 is 5.25 Å². The van der Waals surface area contributed by atoms with Gasteiger partial charge in [-0.2, -0.15) is 8.78 Å². The molecule has 15 heavy (non-hydrogen) atoms. The fourth-order valence-electron chi connectivity index (χ4n) is 1.10. The van der Waals surface area contributed by atoms with E-state index in [1.165, 1.54) is 4.90 Å². The van der Waals surface area contributed by atoms with E-state index in [1.807, 2.05) is 6.07 Å². The van der Waals surface area contributed by atoms with Crippen molar-refractivity contribution in [2.75, 3.05) is 20.6 Å². The SMILES string of the molecule is CN(C)CC(F)(F)Sc1cccc(Br)c1. The Morgan fingerprint density at radius 2 is 2.07 bits per heavy atom. The number of nitrogens with zero attached hydrogens (tertiary/aromatic N) is 1. The molecule has 0 fully saturated rings. The smallest absolute Gasteiger partial charge is 0.303 e. The van der Waals surface area contributed by atoms with Crippen molar-refractivity contribution in [3.63, 3.8) is 0 Å². The predicted octanol–water partition coefficient (Wildman–Crippen LogP) is 3.70. The van der Waals surface area contributed by atoms with Crippen LogP contribution in [0.3, 0.4) is 0 Å². The van der Waals surface area contributed by atoms with Gasteiger partial charge in [0.05, 0.1) is 6.54 Å². The molecule has 0 saturated carbocycles. The molecule has 1 aromatic carbocycles. The molecule has 0 aromatic heterocycles. The highest BCUT2D eigenvalue weighted by Gasteiger charge is 2.31. The van der Waals surface area contributed by atoms with Gasteiger partial charge in [-0.3, -0.25) is 0 Å². The van der Waals surface area contributed by atoms with E-state index in [2.05, 4.69) is 15.9 Å². The summed E-state index contributed by atoms with van der Waals surface area (Å²) in [5.41, 5.74) is 0. The third-order valence-electron chi connectivity index (χ3n) is 1.56. The van der Waals surface area contributed by atoms with Crippen LogP contribution in [-0.2, 0) is 0 Å². The molecule has 0 aliphatic heterocycles. The molecule has 1 nitrogen and oxygen atoms in total. The number of alkyl halides is 2. The molecule has 0 aliphatic carbocycles. The molecule has 0 unspecified atom stereocenters. The van der Waals surface area contributed by atoms with Gasteiger partial charge in [-0.1, -0.05) is 33.8 Å². The Hall–Kier alpha value is -0.130. The van der Waals surface area contributed by atoms with Crippen molar-refractivity contribution in [2.45, 2.75) is 10.2 Å². The molecule has 0 atom stereocenters. The minimum absolute atomic E-state index is 0.260. The largest absolute Gasteiger partial charge is 0.310 e. The highest BCUT2D eigenvalue weighted by atomic mass is 79.9. The van der Waals surface area contributed by atoms with Crippen LogP contribution in [0.1, 0.15) is 0 Å². The van der Waals surface area contributed by atoms with Crippen molar-refractivity contribution in [1.82, 2.24) is 4.90 Å². The van der Waals surface area contributed by atoms with E-state index in [1.54, 1.807) is 32.3 Å². The lowest BCUT2D eigenvalue weighted by Gasteiger charge is -2.19. The van der Waals surface area contributed by atoms with Gasteiger partial charge in [0.15, 0.2) is 0 Å². The summed E-state index contributed by atoms with van der Waals surface area (Å²) < 4.78 is 27.6. The van der Waals surface area contributed by atoms with Gasteiger partial charge in [-0.15, -0.1) is 0 Å². The maximum Gasteiger partial charge on any atom is 0.310 e. The number of benzene rings is 1. The van der Waals surface area contributed by atoms with Crippen molar-refractivity contribution in [3.8, 4) is 0 Å². The fraction of sp³-hybridized carbons (Fsp3) is 0.400. The molecule has 0 N–H and O–H groups in total. The molecule has 84 valence electrons. The summed E-state index contributed by atoms with van der Waals surface area (Å²) in [5, 5.41) is -2.76. The van der Waals surface area contributed by atoms with Crippen molar-refractivity contribution >= 4 is 27.7 Å². The molecule has 0 heterocycles. The molecular formula is C10H12BrF2NS. The first-order valence-corrected chi connectivity index (χ1v) is 5.97. The minimum Gasteiger partial charge on any atom is -0.303 e. The van der Waals surface area contributed by atoms with Gasteiger partial charge in [-0.25, -0.2) is 0 Å². The predicted molar refractivity (Wildman–Crippen MR) is 63.5 cm³/mol. The lowest BCUT2D eigenvalue weighted by Crippen LogP contribution is -2.28. The Kier molecular flexibility index (Phi) is 4.55. The van der Waals surface area contributed by atoms with E-state index in [0.717, 1.165) is 4.47 Å². The average molecular weight is 296 g/mol. The Bertz CT molecular complexity index is 331. The van der Waals surface area contributed by atoms with Gasteiger partial charge < -0.3 is 4.90 Å². The van der Waals surface area contributed by atoms with Crippen LogP contribution in [0.4, 0.5) is 8.78 Å². The molecule has 1 aromatic rings. The molecular weight excluding hydrogens is 284 g/mol. The first-order chi connectivity index (χ1) is 6.89. The van der Waals surface area contributed by atoms with Crippen LogP contribution in [-0.4, -0.2) is 30.8 Å². The second-order valence-electron chi connectivity index (χ2n) is 3.43. The summed E-state index contributed by atoms with van der Waals surface area (Å²) in [6.07, 6.45) is 0. The monoisotopic (exact) mass is 295 g/mol. The summed E-state index contributed by atoms with van der Waals surface area (Å²) in [6, 6.07) is 6.93. The van der Waals surface area contributed by atoms with Crippen molar-refractivity contribution < 1.29 is 8.78 Å². The zero-order valence-electron chi connectivity index (χ0n) is 8.51. The van der Waals surface area contributed by atoms with Gasteiger partial charge in [0.2, 0.25) is 0 Å². The van der Waals surface area contributed by atoms with E-state index in [0.29, 0.717) is 16.7 Å². The van der Waals surface area contributed by atoms with Crippen LogP contribution < -0.4 is 0 Å². The quantitative estimate of drug-likeness (QED) is 0.780. The van der Waals surface area contributed by atoms with Crippen molar-refractivity contribution in [1.29, 1.82) is 0 Å². The molecule has 0 spiro atoms. The summed E-state index contributed by atoms with van der Waals surface area (Å²) in [6.45, 7) is -0.260. The Morgan fingerprint density at radius 3 is 2.60 bits per heavy atom. The van der Waals surface area contributed by atoms with Crippen LogP contribution in [0.25, 0.3) is 0 Å². The minimum atomic E-state index is -2.76. The van der Waals surface area contributed by atoms with Gasteiger partial charge in [0.1, 0.15) is 0 Å². The number of hydrogen-bond acceptors (Lipinski definition) is 2. The summed E-state index contributed by atoms with van der Waals surface area (Å²) in [4.78, 5) is 2.04. The summed E-state index contributed by atoms with van der Waals surface area (Å²) >= 11 is 3.84. The maximum absolute atomic E-state index is 13.4. The van der Waals surface area contributed by atoms with Crippen molar-refractivity contribution in [3.05, 3.63) is 28.7 Å². The zero-order chi connectivity index (χ0) is 11.5. The number of halogens is 3. The lowest BCUT2D eigenvalue weighted by atomic mass is 10.4. The van der Waals surface area contributed by atoms with Crippen molar-refractivity contribution in [2.24, 2.45) is 0 Å². The van der Waals surface area contributed by atoms with Crippen LogP contribution in [0, 0.1) is 0 Å². The maximum atomic E-state index is 13.4. The van der Waals surface area contributed by atoms with Crippen LogP contribution in [0.2, 0.25) is 0 Å². The Labute approximate surface area is 101 Å². The van der Waals surface area contributed by atoms with E-state index >= 15 is 0 Å². The molecule has 5 heteroatoms. The second-order valence-corrected chi connectivity index (χ2v) is 5.62. The third-order valence-corrected chi connectivity index (χ3v) is 2.97. The molecule has 0 radical (unpaired) electrons. The Morgan fingerprint density at radius 1 is 1.40 bits per heavy atom. The fourth-order valence-corrected chi connectivity index (χ4v) is 2.65. The van der Waals surface area contributed by atoms with Gasteiger partial charge in [0.25, 0.3) is 0 Å². The standard InChI is InChI=1S/C10H12BrF2NS/c1-14(2)7-10(12,13)15-9-5-3-4-8(11)6-9/h3-6H,7H2,1-2H3. The highest BCUT2D eigenvalue weighted by molar-refractivity contribution is 9.10. The third kappa shape index (κ3) is 4.95. The topological polar surface area (TPSA) is 3.24 Å². The highest BCUT2D eigenvalue weighted by Crippen LogP contribution is 2.36.